The molecule has 156 valence electrons. The maximum Gasteiger partial charge on any atom is 0.191 e. The van der Waals surface area contributed by atoms with Crippen LogP contribution in [0.3, 0.4) is 0 Å². The molecule has 7 nitrogen and oxygen atoms in total. The van der Waals surface area contributed by atoms with E-state index in [0.717, 1.165) is 57.5 Å². The summed E-state index contributed by atoms with van der Waals surface area (Å²) < 4.78 is 2.07. The van der Waals surface area contributed by atoms with Gasteiger partial charge in [-0.25, -0.2) is 0 Å². The van der Waals surface area contributed by atoms with Crippen LogP contribution in [0, 0.1) is 0 Å². The molecule has 0 aliphatic heterocycles. The molecule has 8 heteroatoms. The minimum absolute atomic E-state index is 0. The quantitative estimate of drug-likeness (QED) is 0.299. The van der Waals surface area contributed by atoms with E-state index in [0.29, 0.717) is 0 Å². The molecule has 0 aliphatic rings. The van der Waals surface area contributed by atoms with E-state index in [1.54, 1.807) is 13.4 Å². The molecule has 28 heavy (non-hydrogen) atoms. The first-order valence-corrected chi connectivity index (χ1v) is 9.82. The Bertz CT molecular complexity index is 710. The predicted octanol–water partition coefficient (Wildman–Crippen LogP) is 2.67. The molecule has 0 aliphatic carbocycles. The van der Waals surface area contributed by atoms with Crippen molar-refractivity contribution in [3.8, 4) is 0 Å². The summed E-state index contributed by atoms with van der Waals surface area (Å²) in [6.45, 7) is 11.9. The van der Waals surface area contributed by atoms with Gasteiger partial charge in [-0.3, -0.25) is 9.89 Å². The number of hydrogen-bond donors (Lipinski definition) is 2. The molecule has 2 aromatic rings. The number of aryl methyl sites for hydroxylation is 1. The van der Waals surface area contributed by atoms with Crippen molar-refractivity contribution in [1.82, 2.24) is 30.3 Å². The number of benzene rings is 1. The zero-order valence-corrected chi connectivity index (χ0v) is 19.8. The zero-order chi connectivity index (χ0) is 19.5. The van der Waals surface area contributed by atoms with Gasteiger partial charge in [0.05, 0.1) is 0 Å². The van der Waals surface area contributed by atoms with Crippen LogP contribution in [0.1, 0.15) is 37.7 Å². The topological polar surface area (TPSA) is 70.4 Å². The van der Waals surface area contributed by atoms with E-state index < -0.39 is 0 Å². The molecule has 2 rings (SSSR count). The van der Waals surface area contributed by atoms with Crippen LogP contribution in [-0.4, -0.2) is 52.3 Å². The van der Waals surface area contributed by atoms with Crippen molar-refractivity contribution in [1.29, 1.82) is 0 Å². The van der Waals surface area contributed by atoms with E-state index in [1.807, 2.05) is 0 Å². The van der Waals surface area contributed by atoms with E-state index in [9.17, 15) is 0 Å². The molecule has 0 amide bonds. The van der Waals surface area contributed by atoms with Crippen molar-refractivity contribution >= 4 is 29.9 Å². The van der Waals surface area contributed by atoms with E-state index in [2.05, 4.69) is 80.3 Å². The molecule has 1 heterocycles. The Morgan fingerprint density at radius 3 is 2.46 bits per heavy atom. The smallest absolute Gasteiger partial charge is 0.191 e. The van der Waals surface area contributed by atoms with Crippen molar-refractivity contribution < 1.29 is 0 Å². The van der Waals surface area contributed by atoms with E-state index >= 15 is 0 Å². The molecular weight excluding hydrogens is 465 g/mol. The lowest BCUT2D eigenvalue weighted by atomic mass is 10.1. The monoisotopic (exact) mass is 499 g/mol. The number of hydrogen-bond acceptors (Lipinski definition) is 4. The van der Waals surface area contributed by atoms with Gasteiger partial charge in [0.2, 0.25) is 0 Å². The lowest BCUT2D eigenvalue weighted by Crippen LogP contribution is -2.38. The highest BCUT2D eigenvalue weighted by Crippen LogP contribution is 2.11. The molecule has 2 N–H and O–H groups in total. The van der Waals surface area contributed by atoms with Crippen molar-refractivity contribution in [3.63, 3.8) is 0 Å². The highest BCUT2D eigenvalue weighted by Gasteiger charge is 2.07. The number of aliphatic imine (C=N–C) groups is 1. The van der Waals surface area contributed by atoms with Crippen LogP contribution in [0.4, 0.5) is 0 Å². The third-order valence-electron chi connectivity index (χ3n) is 4.73. The Labute approximate surface area is 186 Å². The molecule has 1 aromatic carbocycles. The average Bonchev–Trinajstić information content (AvgIpc) is 3.17. The molecule has 1 aromatic heterocycles. The van der Waals surface area contributed by atoms with Crippen LogP contribution in [0.25, 0.3) is 0 Å². The molecule has 0 saturated carbocycles. The number of halogens is 1. The average molecular weight is 499 g/mol. The summed E-state index contributed by atoms with van der Waals surface area (Å²) in [5.74, 6) is 1.81. The highest BCUT2D eigenvalue weighted by molar-refractivity contribution is 14.0. The molecule has 0 bridgehead atoms. The van der Waals surface area contributed by atoms with E-state index in [4.69, 9.17) is 0 Å². The summed E-state index contributed by atoms with van der Waals surface area (Å²) in [6, 6.07) is 8.60. The van der Waals surface area contributed by atoms with Gasteiger partial charge in [0, 0.05) is 39.6 Å². The normalized spacial score (nSPS) is 11.4. The van der Waals surface area contributed by atoms with Gasteiger partial charge in [-0.2, -0.15) is 0 Å². The van der Waals surface area contributed by atoms with Crippen molar-refractivity contribution in [2.45, 2.75) is 46.8 Å². The second-order valence-electron chi connectivity index (χ2n) is 6.38. The lowest BCUT2D eigenvalue weighted by molar-refractivity contribution is 0.295. The standard InChI is InChI=1S/C20H33N7.HI/c1-5-19-25-24-16-27(19)13-12-22-20(21-4)23-14-17-10-8-9-11-18(17)15-26(6-2)7-3;/h8-11,16H,5-7,12-15H2,1-4H3,(H2,21,22,23);1H. The first-order chi connectivity index (χ1) is 13.2. The maximum absolute atomic E-state index is 4.33. The Hall–Kier alpha value is -1.68. The fourth-order valence-corrected chi connectivity index (χ4v) is 3.01. The first-order valence-electron chi connectivity index (χ1n) is 9.82. The highest BCUT2D eigenvalue weighted by atomic mass is 127. The number of rotatable bonds is 10. The van der Waals surface area contributed by atoms with Crippen LogP contribution in [0.5, 0.6) is 0 Å². The Morgan fingerprint density at radius 2 is 1.82 bits per heavy atom. The third kappa shape index (κ3) is 7.38. The fourth-order valence-electron chi connectivity index (χ4n) is 3.01. The lowest BCUT2D eigenvalue weighted by Gasteiger charge is -2.20. The van der Waals surface area contributed by atoms with Crippen molar-refractivity contribution in [2.24, 2.45) is 4.99 Å². The van der Waals surface area contributed by atoms with Gasteiger partial charge < -0.3 is 15.2 Å². The number of aromatic nitrogens is 3. The van der Waals surface area contributed by atoms with Gasteiger partial charge >= 0.3 is 0 Å². The van der Waals surface area contributed by atoms with Gasteiger partial charge in [0.15, 0.2) is 5.96 Å². The van der Waals surface area contributed by atoms with Crippen LogP contribution < -0.4 is 10.6 Å². The largest absolute Gasteiger partial charge is 0.355 e. The maximum atomic E-state index is 4.33. The second kappa shape index (κ2) is 13.5. The van der Waals surface area contributed by atoms with Gasteiger partial charge in [-0.05, 0) is 24.2 Å². The van der Waals surface area contributed by atoms with Gasteiger partial charge in [-0.1, -0.05) is 45.0 Å². The van der Waals surface area contributed by atoms with Gasteiger partial charge in [0.1, 0.15) is 12.2 Å². The Kier molecular flexibility index (Phi) is 11.7. The molecule has 0 fully saturated rings. The second-order valence-corrected chi connectivity index (χ2v) is 6.38. The van der Waals surface area contributed by atoms with E-state index in [-0.39, 0.29) is 24.0 Å². The number of nitrogens with zero attached hydrogens (tertiary/aromatic N) is 5. The molecule has 0 saturated heterocycles. The molecule has 0 radical (unpaired) electrons. The van der Waals surface area contributed by atoms with Crippen molar-refractivity contribution in [2.75, 3.05) is 26.7 Å². The minimum atomic E-state index is 0. The third-order valence-corrected chi connectivity index (χ3v) is 4.73. The minimum Gasteiger partial charge on any atom is -0.355 e. The fraction of sp³-hybridized carbons (Fsp3) is 0.550. The summed E-state index contributed by atoms with van der Waals surface area (Å²) in [5.41, 5.74) is 2.67. The summed E-state index contributed by atoms with van der Waals surface area (Å²) in [5, 5.41) is 14.9. The molecule has 0 unspecified atom stereocenters. The predicted molar refractivity (Wildman–Crippen MR) is 126 cm³/mol. The SMILES string of the molecule is CCc1nncn1CCNC(=NC)NCc1ccccc1CN(CC)CC.I. The van der Waals surface area contributed by atoms with Crippen LogP contribution >= 0.6 is 24.0 Å². The van der Waals surface area contributed by atoms with E-state index in [1.165, 1.54) is 11.1 Å². The summed E-state index contributed by atoms with van der Waals surface area (Å²) in [6.07, 6.45) is 2.66. The van der Waals surface area contributed by atoms with Crippen LogP contribution in [0.15, 0.2) is 35.6 Å². The summed E-state index contributed by atoms with van der Waals surface area (Å²) in [4.78, 5) is 6.76. The zero-order valence-electron chi connectivity index (χ0n) is 17.5. The van der Waals surface area contributed by atoms with Crippen molar-refractivity contribution in [3.05, 3.63) is 47.5 Å². The van der Waals surface area contributed by atoms with Crippen LogP contribution in [-0.2, 0) is 26.1 Å². The Morgan fingerprint density at radius 1 is 1.11 bits per heavy atom. The molecular formula is C20H34IN7. The number of nitrogens with one attached hydrogen (secondary N) is 2. The Balaban J connectivity index is 0.00000392. The summed E-state index contributed by atoms with van der Waals surface area (Å²) in [7, 11) is 1.80. The molecule has 0 atom stereocenters. The summed E-state index contributed by atoms with van der Waals surface area (Å²) >= 11 is 0. The molecule has 0 spiro atoms. The first kappa shape index (κ1) is 24.4. The van der Waals surface area contributed by atoms with Gasteiger partial charge in [-0.15, -0.1) is 34.2 Å². The number of guanidine groups is 1. The van der Waals surface area contributed by atoms with Crippen LogP contribution in [0.2, 0.25) is 0 Å². The van der Waals surface area contributed by atoms with Gasteiger partial charge in [0.25, 0.3) is 0 Å².